The third-order valence-electron chi connectivity index (χ3n) is 3.64. The molecule has 0 atom stereocenters. The van der Waals surface area contributed by atoms with Crippen molar-refractivity contribution in [2.75, 3.05) is 0 Å². The second-order valence-corrected chi connectivity index (χ2v) is 7.05. The molecule has 0 aliphatic carbocycles. The molecule has 1 amide bonds. The molecule has 142 valence electrons. The number of carbonyl (C=O) groups excluding carboxylic acids is 1. The van der Waals surface area contributed by atoms with Crippen LogP contribution in [0.5, 0.6) is 0 Å². The van der Waals surface area contributed by atoms with Gasteiger partial charge in [0.15, 0.2) is 0 Å². The fraction of sp³-hybridized carbons (Fsp3) is 0.0556. The number of hydrazone groups is 1. The molecule has 0 aliphatic heterocycles. The largest absolute Gasteiger partial charge is 0.320 e. The molecule has 1 N–H and O–H groups in total. The van der Waals surface area contributed by atoms with Crippen molar-refractivity contribution in [1.82, 2.24) is 15.2 Å². The summed E-state index contributed by atoms with van der Waals surface area (Å²) in [5, 5.41) is 19.7. The second kappa shape index (κ2) is 8.77. The molecule has 1 aromatic heterocycles. The average molecular weight is 463 g/mol. The summed E-state index contributed by atoms with van der Waals surface area (Å²) in [6.45, 7) is 0.285. The molecule has 0 radical (unpaired) electrons. The highest BCUT2D eigenvalue weighted by Gasteiger charge is 2.25. The van der Waals surface area contributed by atoms with Gasteiger partial charge in [0.25, 0.3) is 5.91 Å². The van der Waals surface area contributed by atoms with E-state index in [0.29, 0.717) is 10.6 Å². The van der Waals surface area contributed by atoms with Crippen LogP contribution in [0.1, 0.15) is 21.6 Å². The summed E-state index contributed by atoms with van der Waals surface area (Å²) >= 11 is 9.22. The van der Waals surface area contributed by atoms with Crippen molar-refractivity contribution in [1.29, 1.82) is 0 Å². The summed E-state index contributed by atoms with van der Waals surface area (Å²) < 4.78 is 2.26. The van der Waals surface area contributed by atoms with E-state index in [4.69, 9.17) is 11.6 Å². The molecule has 0 aliphatic rings. The van der Waals surface area contributed by atoms with Crippen LogP contribution in [-0.2, 0) is 6.54 Å². The van der Waals surface area contributed by atoms with Crippen molar-refractivity contribution in [3.8, 4) is 0 Å². The molecule has 3 aromatic rings. The van der Waals surface area contributed by atoms with Crippen LogP contribution in [0, 0.1) is 10.1 Å². The fourth-order valence-electron chi connectivity index (χ4n) is 2.37. The Labute approximate surface area is 173 Å². The van der Waals surface area contributed by atoms with Crippen molar-refractivity contribution < 1.29 is 9.72 Å². The summed E-state index contributed by atoms with van der Waals surface area (Å²) in [5.41, 5.74) is 3.09. The Balaban J connectivity index is 1.76. The van der Waals surface area contributed by atoms with E-state index in [1.165, 1.54) is 17.1 Å². The number of amides is 1. The molecule has 0 bridgehead atoms. The van der Waals surface area contributed by atoms with Crippen LogP contribution in [0.4, 0.5) is 5.69 Å². The average Bonchev–Trinajstić information content (AvgIpc) is 3.08. The molecule has 8 nitrogen and oxygen atoms in total. The van der Waals surface area contributed by atoms with Crippen molar-refractivity contribution in [3.05, 3.63) is 91.2 Å². The summed E-state index contributed by atoms with van der Waals surface area (Å²) in [5.74, 6) is -0.778. The van der Waals surface area contributed by atoms with Crippen molar-refractivity contribution in [3.63, 3.8) is 0 Å². The molecule has 0 saturated heterocycles. The van der Waals surface area contributed by atoms with Gasteiger partial charge in [-0.3, -0.25) is 19.6 Å². The number of nitrogens with zero attached hydrogens (tertiary/aromatic N) is 4. The Kier molecular flexibility index (Phi) is 6.17. The van der Waals surface area contributed by atoms with Crippen LogP contribution >= 0.6 is 27.5 Å². The number of benzene rings is 2. The standard InChI is InChI=1S/C18H13BrClN5O3/c19-14-6-4-12(5-7-14)10-24-11-16(25(27)28)17(23-24)18(26)22-21-9-13-2-1-3-15(20)8-13/h1-9,11H,10H2,(H,22,26). The topological polar surface area (TPSA) is 102 Å². The fourth-order valence-corrected chi connectivity index (χ4v) is 2.83. The molecular weight excluding hydrogens is 450 g/mol. The van der Waals surface area contributed by atoms with E-state index < -0.39 is 16.5 Å². The summed E-state index contributed by atoms with van der Waals surface area (Å²) in [7, 11) is 0. The van der Waals surface area contributed by atoms with Gasteiger partial charge in [-0.1, -0.05) is 51.8 Å². The molecule has 28 heavy (non-hydrogen) atoms. The lowest BCUT2D eigenvalue weighted by Crippen LogP contribution is -2.19. The van der Waals surface area contributed by atoms with Crippen molar-refractivity contribution >= 4 is 45.3 Å². The van der Waals surface area contributed by atoms with Crippen LogP contribution < -0.4 is 5.43 Å². The first kappa shape index (κ1) is 19.7. The lowest BCUT2D eigenvalue weighted by atomic mass is 10.2. The smallest absolute Gasteiger partial charge is 0.265 e. The highest BCUT2D eigenvalue weighted by atomic mass is 79.9. The minimum atomic E-state index is -0.778. The summed E-state index contributed by atoms with van der Waals surface area (Å²) in [4.78, 5) is 22.9. The summed E-state index contributed by atoms with van der Waals surface area (Å²) in [6.07, 6.45) is 2.60. The van der Waals surface area contributed by atoms with Gasteiger partial charge in [0.2, 0.25) is 5.69 Å². The molecule has 0 saturated carbocycles. The van der Waals surface area contributed by atoms with Gasteiger partial charge in [-0.25, -0.2) is 5.43 Å². The Hall–Kier alpha value is -3.04. The third-order valence-corrected chi connectivity index (χ3v) is 4.40. The molecule has 0 spiro atoms. The van der Waals surface area contributed by atoms with Gasteiger partial charge >= 0.3 is 5.69 Å². The van der Waals surface area contributed by atoms with Gasteiger partial charge in [0, 0.05) is 9.50 Å². The predicted octanol–water partition coefficient (Wildman–Crippen LogP) is 4.02. The number of rotatable bonds is 6. The molecule has 2 aromatic carbocycles. The molecule has 3 rings (SSSR count). The quantitative estimate of drug-likeness (QED) is 0.339. The maximum atomic E-state index is 12.3. The Morgan fingerprint density at radius 2 is 2.07 bits per heavy atom. The first-order valence-electron chi connectivity index (χ1n) is 7.97. The van der Waals surface area contributed by atoms with E-state index in [-0.39, 0.29) is 12.2 Å². The van der Waals surface area contributed by atoms with E-state index >= 15 is 0 Å². The molecule has 0 unspecified atom stereocenters. The Bertz CT molecular complexity index is 1050. The first-order valence-corrected chi connectivity index (χ1v) is 9.15. The highest BCUT2D eigenvalue weighted by Crippen LogP contribution is 2.18. The second-order valence-electron chi connectivity index (χ2n) is 5.70. The monoisotopic (exact) mass is 461 g/mol. The van der Waals surface area contributed by atoms with Gasteiger partial charge < -0.3 is 0 Å². The number of aromatic nitrogens is 2. The predicted molar refractivity (Wildman–Crippen MR) is 109 cm³/mol. The van der Waals surface area contributed by atoms with Gasteiger partial charge in [0.05, 0.1) is 17.7 Å². The molecule has 10 heteroatoms. The first-order chi connectivity index (χ1) is 13.4. The normalized spacial score (nSPS) is 10.9. The maximum Gasteiger partial charge on any atom is 0.320 e. The zero-order chi connectivity index (χ0) is 20.1. The number of hydrogen-bond donors (Lipinski definition) is 1. The van der Waals surface area contributed by atoms with E-state index in [2.05, 4.69) is 31.6 Å². The van der Waals surface area contributed by atoms with Gasteiger partial charge in [-0.05, 0) is 35.4 Å². The van der Waals surface area contributed by atoms with Crippen LogP contribution in [0.25, 0.3) is 0 Å². The molecule has 1 heterocycles. The molecule has 0 fully saturated rings. The van der Waals surface area contributed by atoms with E-state index in [1.807, 2.05) is 24.3 Å². The zero-order valence-corrected chi connectivity index (χ0v) is 16.6. The number of halogens is 2. The van der Waals surface area contributed by atoms with Crippen LogP contribution in [0.15, 0.2) is 64.3 Å². The van der Waals surface area contributed by atoms with Gasteiger partial charge in [-0.2, -0.15) is 10.2 Å². The number of nitrogens with one attached hydrogen (secondary N) is 1. The van der Waals surface area contributed by atoms with E-state index in [0.717, 1.165) is 10.0 Å². The lowest BCUT2D eigenvalue weighted by Gasteiger charge is -2.01. The van der Waals surface area contributed by atoms with Gasteiger partial charge in [-0.15, -0.1) is 0 Å². The van der Waals surface area contributed by atoms with Crippen molar-refractivity contribution in [2.45, 2.75) is 6.54 Å². The van der Waals surface area contributed by atoms with Crippen LogP contribution in [0.3, 0.4) is 0 Å². The number of nitro groups is 1. The Morgan fingerprint density at radius 3 is 2.75 bits per heavy atom. The van der Waals surface area contributed by atoms with Gasteiger partial charge in [0.1, 0.15) is 6.20 Å². The summed E-state index contributed by atoms with van der Waals surface area (Å²) in [6, 6.07) is 14.3. The number of carbonyl (C=O) groups is 1. The van der Waals surface area contributed by atoms with E-state index in [1.54, 1.807) is 24.3 Å². The lowest BCUT2D eigenvalue weighted by molar-refractivity contribution is -0.385. The zero-order valence-electron chi connectivity index (χ0n) is 14.3. The third kappa shape index (κ3) is 5.02. The van der Waals surface area contributed by atoms with Crippen molar-refractivity contribution in [2.24, 2.45) is 5.10 Å². The minimum absolute atomic E-state index is 0.285. The molecular formula is C18H13BrClN5O3. The highest BCUT2D eigenvalue weighted by molar-refractivity contribution is 9.10. The Morgan fingerprint density at radius 1 is 1.32 bits per heavy atom. The maximum absolute atomic E-state index is 12.3. The van der Waals surface area contributed by atoms with Crippen LogP contribution in [0.2, 0.25) is 5.02 Å². The minimum Gasteiger partial charge on any atom is -0.265 e. The SMILES string of the molecule is O=C(NN=Cc1cccc(Cl)c1)c1nn(Cc2ccc(Br)cc2)cc1[N+](=O)[O-]. The number of hydrogen-bond acceptors (Lipinski definition) is 5. The van der Waals surface area contributed by atoms with E-state index in [9.17, 15) is 14.9 Å². The van der Waals surface area contributed by atoms with Crippen LogP contribution in [-0.4, -0.2) is 26.8 Å².